The van der Waals surface area contributed by atoms with Crippen LogP contribution in [0.25, 0.3) is 11.5 Å². The first kappa shape index (κ1) is 13.6. The van der Waals surface area contributed by atoms with Crippen molar-refractivity contribution in [1.29, 1.82) is 0 Å². The molecule has 0 radical (unpaired) electrons. The zero-order chi connectivity index (χ0) is 14.0. The fourth-order valence-electron chi connectivity index (χ4n) is 1.66. The molecule has 2 rings (SSSR count). The summed E-state index contributed by atoms with van der Waals surface area (Å²) in [4.78, 5) is 3.92. The van der Waals surface area contributed by atoms with E-state index in [9.17, 15) is 18.3 Å². The van der Waals surface area contributed by atoms with Crippen molar-refractivity contribution in [1.82, 2.24) is 4.98 Å². The molecule has 6 heteroatoms. The van der Waals surface area contributed by atoms with Gasteiger partial charge in [0.1, 0.15) is 5.76 Å². The van der Waals surface area contributed by atoms with Crippen LogP contribution in [-0.4, -0.2) is 16.2 Å². The van der Waals surface area contributed by atoms with Crippen molar-refractivity contribution in [3.63, 3.8) is 0 Å². The first-order valence-electron chi connectivity index (χ1n) is 5.66. The summed E-state index contributed by atoms with van der Waals surface area (Å²) in [5.74, 6) is 0.546. The van der Waals surface area contributed by atoms with Crippen molar-refractivity contribution in [2.24, 2.45) is 0 Å². The standard InChI is InChI=1S/C13H12F3NO2/c1-8(18)5-11-7-17-12(19-11)9-3-2-4-10(6-9)13(14,15)16/h2-4,6-8,18H,5H2,1H3. The molecule has 1 atom stereocenters. The van der Waals surface area contributed by atoms with Crippen LogP contribution < -0.4 is 0 Å². The van der Waals surface area contributed by atoms with Gasteiger partial charge >= 0.3 is 6.18 Å². The zero-order valence-electron chi connectivity index (χ0n) is 10.1. The zero-order valence-corrected chi connectivity index (χ0v) is 10.1. The summed E-state index contributed by atoms with van der Waals surface area (Å²) in [6.07, 6.45) is -3.32. The van der Waals surface area contributed by atoms with Crippen LogP contribution in [0.4, 0.5) is 13.2 Å². The summed E-state index contributed by atoms with van der Waals surface area (Å²) in [5, 5.41) is 9.20. The Hall–Kier alpha value is -1.82. The Morgan fingerprint density at radius 3 is 2.74 bits per heavy atom. The van der Waals surface area contributed by atoms with E-state index in [1.54, 1.807) is 6.92 Å². The summed E-state index contributed by atoms with van der Waals surface area (Å²) in [5.41, 5.74) is -0.494. The van der Waals surface area contributed by atoms with Crippen molar-refractivity contribution in [3.8, 4) is 11.5 Å². The lowest BCUT2D eigenvalue weighted by atomic mass is 10.1. The Balaban J connectivity index is 2.29. The number of hydrogen-bond donors (Lipinski definition) is 1. The molecule has 1 aromatic heterocycles. The molecule has 0 amide bonds. The highest BCUT2D eigenvalue weighted by Gasteiger charge is 2.30. The second kappa shape index (κ2) is 5.05. The SMILES string of the molecule is CC(O)Cc1cnc(-c2cccc(C(F)(F)F)c2)o1. The Morgan fingerprint density at radius 1 is 1.37 bits per heavy atom. The average molecular weight is 271 g/mol. The van der Waals surface area contributed by atoms with Gasteiger partial charge in [-0.1, -0.05) is 6.07 Å². The largest absolute Gasteiger partial charge is 0.441 e. The summed E-state index contributed by atoms with van der Waals surface area (Å²) in [6, 6.07) is 4.77. The Bertz CT molecular complexity index is 561. The van der Waals surface area contributed by atoms with Crippen molar-refractivity contribution < 1.29 is 22.7 Å². The van der Waals surface area contributed by atoms with Crippen LogP contribution >= 0.6 is 0 Å². The Morgan fingerprint density at radius 2 is 2.11 bits per heavy atom. The van der Waals surface area contributed by atoms with E-state index in [1.165, 1.54) is 18.3 Å². The molecule has 0 aliphatic rings. The molecular formula is C13H12F3NO2. The molecule has 1 heterocycles. The number of aromatic nitrogens is 1. The van der Waals surface area contributed by atoms with Crippen molar-refractivity contribution in [2.75, 3.05) is 0 Å². The van der Waals surface area contributed by atoms with Crippen LogP contribution in [-0.2, 0) is 12.6 Å². The average Bonchev–Trinajstić information content (AvgIpc) is 2.76. The molecule has 102 valence electrons. The molecule has 1 unspecified atom stereocenters. The minimum atomic E-state index is -4.40. The highest BCUT2D eigenvalue weighted by molar-refractivity contribution is 5.54. The number of oxazole rings is 1. The summed E-state index contributed by atoms with van der Waals surface area (Å²) < 4.78 is 43.0. The number of nitrogens with zero attached hydrogens (tertiary/aromatic N) is 1. The van der Waals surface area contributed by atoms with E-state index >= 15 is 0 Å². The number of halogens is 3. The van der Waals surface area contributed by atoms with Gasteiger partial charge in [-0.25, -0.2) is 4.98 Å². The molecule has 19 heavy (non-hydrogen) atoms. The van der Waals surface area contributed by atoms with Gasteiger partial charge < -0.3 is 9.52 Å². The van der Waals surface area contributed by atoms with Crippen LogP contribution in [0.15, 0.2) is 34.9 Å². The monoisotopic (exact) mass is 271 g/mol. The molecule has 3 nitrogen and oxygen atoms in total. The maximum Gasteiger partial charge on any atom is 0.416 e. The third-order valence-corrected chi connectivity index (χ3v) is 2.49. The highest BCUT2D eigenvalue weighted by atomic mass is 19.4. The summed E-state index contributed by atoms with van der Waals surface area (Å²) in [7, 11) is 0. The number of hydrogen-bond acceptors (Lipinski definition) is 3. The lowest BCUT2D eigenvalue weighted by Crippen LogP contribution is -2.04. The number of rotatable bonds is 3. The van der Waals surface area contributed by atoms with Gasteiger partial charge in [0.15, 0.2) is 0 Å². The molecule has 0 saturated heterocycles. The molecule has 0 aliphatic carbocycles. The van der Waals surface area contributed by atoms with Crippen molar-refractivity contribution in [3.05, 3.63) is 41.8 Å². The number of aliphatic hydroxyl groups is 1. The van der Waals surface area contributed by atoms with Crippen LogP contribution in [0, 0.1) is 0 Å². The first-order valence-corrected chi connectivity index (χ1v) is 5.66. The van der Waals surface area contributed by atoms with E-state index in [2.05, 4.69) is 4.98 Å². The molecule has 2 aromatic rings. The third kappa shape index (κ3) is 3.35. The van der Waals surface area contributed by atoms with E-state index in [0.717, 1.165) is 12.1 Å². The minimum Gasteiger partial charge on any atom is -0.441 e. The summed E-state index contributed by atoms with van der Waals surface area (Å²) >= 11 is 0. The Kier molecular flexibility index (Phi) is 3.61. The number of benzene rings is 1. The predicted molar refractivity (Wildman–Crippen MR) is 62.3 cm³/mol. The lowest BCUT2D eigenvalue weighted by molar-refractivity contribution is -0.137. The van der Waals surface area contributed by atoms with Gasteiger partial charge in [-0.2, -0.15) is 13.2 Å². The number of alkyl halides is 3. The third-order valence-electron chi connectivity index (χ3n) is 2.49. The smallest absolute Gasteiger partial charge is 0.416 e. The van der Waals surface area contributed by atoms with Crippen molar-refractivity contribution >= 4 is 0 Å². The fraction of sp³-hybridized carbons (Fsp3) is 0.308. The predicted octanol–water partition coefficient (Wildman–Crippen LogP) is 3.28. The van der Waals surface area contributed by atoms with Crippen molar-refractivity contribution in [2.45, 2.75) is 25.6 Å². The van der Waals surface area contributed by atoms with Gasteiger partial charge in [0.2, 0.25) is 5.89 Å². The first-order chi connectivity index (χ1) is 8.86. The molecule has 1 N–H and O–H groups in total. The van der Waals surface area contributed by atoms with Crippen LogP contribution in [0.3, 0.4) is 0 Å². The second-order valence-corrected chi connectivity index (χ2v) is 4.26. The normalized spacial score (nSPS) is 13.5. The van der Waals surface area contributed by atoms with Gasteiger partial charge in [0.05, 0.1) is 17.9 Å². The topological polar surface area (TPSA) is 46.3 Å². The summed E-state index contributed by atoms with van der Waals surface area (Å²) in [6.45, 7) is 1.59. The molecule has 0 bridgehead atoms. The maximum atomic E-state index is 12.6. The Labute approximate surface area is 107 Å². The van der Waals surface area contributed by atoms with Gasteiger partial charge in [0, 0.05) is 12.0 Å². The highest BCUT2D eigenvalue weighted by Crippen LogP contribution is 2.32. The molecule has 0 aliphatic heterocycles. The number of aliphatic hydroxyl groups excluding tert-OH is 1. The van der Waals surface area contributed by atoms with Gasteiger partial charge in [-0.05, 0) is 25.1 Å². The van der Waals surface area contributed by atoms with Gasteiger partial charge in [0.25, 0.3) is 0 Å². The maximum absolute atomic E-state index is 12.6. The lowest BCUT2D eigenvalue weighted by Gasteiger charge is -2.06. The quantitative estimate of drug-likeness (QED) is 0.931. The fourth-order valence-corrected chi connectivity index (χ4v) is 1.66. The van der Waals surface area contributed by atoms with E-state index in [-0.39, 0.29) is 17.9 Å². The van der Waals surface area contributed by atoms with Crippen LogP contribution in [0.1, 0.15) is 18.2 Å². The molecule has 0 spiro atoms. The van der Waals surface area contributed by atoms with Gasteiger partial charge in [-0.3, -0.25) is 0 Å². The van der Waals surface area contributed by atoms with Crippen LogP contribution in [0.5, 0.6) is 0 Å². The van der Waals surface area contributed by atoms with E-state index in [4.69, 9.17) is 4.42 Å². The molecular weight excluding hydrogens is 259 g/mol. The minimum absolute atomic E-state index is 0.113. The van der Waals surface area contributed by atoms with E-state index in [1.807, 2.05) is 0 Å². The molecule has 1 aromatic carbocycles. The van der Waals surface area contributed by atoms with Crippen LogP contribution in [0.2, 0.25) is 0 Å². The second-order valence-electron chi connectivity index (χ2n) is 4.26. The van der Waals surface area contributed by atoms with E-state index < -0.39 is 17.8 Å². The van der Waals surface area contributed by atoms with E-state index in [0.29, 0.717) is 5.76 Å². The van der Waals surface area contributed by atoms with Gasteiger partial charge in [-0.15, -0.1) is 0 Å². The molecule has 0 fully saturated rings. The molecule has 0 saturated carbocycles.